The monoisotopic (exact) mass is 408 g/mol. The van der Waals surface area contributed by atoms with Crippen LogP contribution in [-0.4, -0.2) is 22.7 Å². The van der Waals surface area contributed by atoms with E-state index in [9.17, 15) is 24.5 Å². The number of benzene rings is 2. The number of non-ortho nitro benzene ring substituents is 1. The summed E-state index contributed by atoms with van der Waals surface area (Å²) in [6, 6.07) is 11.3. The molecular formula is C22H20N2O6. The number of hydrogen-bond donors (Lipinski definition) is 0. The minimum Gasteiger partial charge on any atom is -0.423 e. The van der Waals surface area contributed by atoms with Crippen molar-refractivity contribution in [3.8, 4) is 5.75 Å². The van der Waals surface area contributed by atoms with E-state index in [0.29, 0.717) is 24.4 Å². The molecule has 0 bridgehead atoms. The second-order valence-electron chi connectivity index (χ2n) is 7.83. The number of amides is 2. The molecule has 1 saturated heterocycles. The van der Waals surface area contributed by atoms with E-state index < -0.39 is 10.9 Å². The Morgan fingerprint density at radius 2 is 1.77 bits per heavy atom. The number of nitro benzene ring substituents is 1. The SMILES string of the molecule is C[C@@H]1CC[C@H]2C(=O)N(c3cccc(OC(=O)c4ccc([N+](=O)[O-])cc4)c3)C(=O)[C@@H]2C1. The lowest BCUT2D eigenvalue weighted by atomic mass is 9.76. The summed E-state index contributed by atoms with van der Waals surface area (Å²) < 4.78 is 5.35. The van der Waals surface area contributed by atoms with Gasteiger partial charge in [-0.3, -0.25) is 19.7 Å². The van der Waals surface area contributed by atoms with Gasteiger partial charge in [0.05, 0.1) is 28.0 Å². The van der Waals surface area contributed by atoms with Crippen LogP contribution in [-0.2, 0) is 9.59 Å². The molecule has 0 radical (unpaired) electrons. The number of rotatable bonds is 4. The van der Waals surface area contributed by atoms with E-state index in [1.807, 2.05) is 0 Å². The van der Waals surface area contributed by atoms with Crippen molar-refractivity contribution in [2.75, 3.05) is 4.90 Å². The van der Waals surface area contributed by atoms with Crippen molar-refractivity contribution >= 4 is 29.2 Å². The van der Waals surface area contributed by atoms with Gasteiger partial charge in [-0.25, -0.2) is 9.69 Å². The van der Waals surface area contributed by atoms with Crippen LogP contribution in [0, 0.1) is 27.9 Å². The quantitative estimate of drug-likeness (QED) is 0.251. The maximum absolute atomic E-state index is 12.9. The maximum Gasteiger partial charge on any atom is 0.343 e. The predicted molar refractivity (Wildman–Crippen MR) is 107 cm³/mol. The zero-order chi connectivity index (χ0) is 21.4. The summed E-state index contributed by atoms with van der Waals surface area (Å²) in [6.45, 7) is 2.09. The number of carbonyl (C=O) groups excluding carboxylic acids is 3. The molecule has 2 aliphatic rings. The summed E-state index contributed by atoms with van der Waals surface area (Å²) in [5.41, 5.74) is 0.399. The molecule has 1 heterocycles. The number of fused-ring (bicyclic) bond motifs is 1. The van der Waals surface area contributed by atoms with Crippen molar-refractivity contribution in [1.29, 1.82) is 0 Å². The van der Waals surface area contributed by atoms with Gasteiger partial charge in [0.25, 0.3) is 5.69 Å². The van der Waals surface area contributed by atoms with E-state index in [4.69, 9.17) is 4.74 Å². The summed E-state index contributed by atoms with van der Waals surface area (Å²) >= 11 is 0. The molecule has 2 fully saturated rings. The van der Waals surface area contributed by atoms with Crippen molar-refractivity contribution in [3.05, 3.63) is 64.2 Å². The van der Waals surface area contributed by atoms with Crippen molar-refractivity contribution < 1.29 is 24.0 Å². The Morgan fingerprint density at radius 1 is 1.07 bits per heavy atom. The molecule has 2 aromatic carbocycles. The average Bonchev–Trinajstić information content (AvgIpc) is 2.98. The second kappa shape index (κ2) is 7.70. The number of nitrogens with zero attached hydrogens (tertiary/aromatic N) is 2. The number of carbonyl (C=O) groups is 3. The Kier molecular flexibility index (Phi) is 5.07. The topological polar surface area (TPSA) is 107 Å². The van der Waals surface area contributed by atoms with Crippen molar-refractivity contribution in [2.24, 2.45) is 17.8 Å². The molecule has 154 valence electrons. The van der Waals surface area contributed by atoms with Gasteiger partial charge < -0.3 is 4.74 Å². The van der Waals surface area contributed by atoms with Crippen LogP contribution in [0.2, 0.25) is 0 Å². The van der Waals surface area contributed by atoms with Crippen LogP contribution in [0.5, 0.6) is 5.75 Å². The molecule has 0 N–H and O–H groups in total. The summed E-state index contributed by atoms with van der Waals surface area (Å²) in [6.07, 6.45) is 2.35. The molecule has 1 aliphatic carbocycles. The lowest BCUT2D eigenvalue weighted by Crippen LogP contribution is -2.30. The fourth-order valence-electron chi connectivity index (χ4n) is 4.22. The molecular weight excluding hydrogens is 388 g/mol. The fourth-order valence-corrected chi connectivity index (χ4v) is 4.22. The van der Waals surface area contributed by atoms with Gasteiger partial charge in [-0.15, -0.1) is 0 Å². The average molecular weight is 408 g/mol. The lowest BCUT2D eigenvalue weighted by molar-refractivity contribution is -0.384. The molecule has 0 aromatic heterocycles. The first-order valence-corrected chi connectivity index (χ1v) is 9.79. The van der Waals surface area contributed by atoms with Gasteiger partial charge in [0.15, 0.2) is 0 Å². The molecule has 4 rings (SSSR count). The Labute approximate surface area is 172 Å². The van der Waals surface area contributed by atoms with Crippen LogP contribution in [0.1, 0.15) is 36.5 Å². The zero-order valence-corrected chi connectivity index (χ0v) is 16.3. The normalized spacial score (nSPS) is 23.2. The van der Waals surface area contributed by atoms with Gasteiger partial charge in [0, 0.05) is 18.2 Å². The highest BCUT2D eigenvalue weighted by Crippen LogP contribution is 2.42. The third-order valence-electron chi connectivity index (χ3n) is 5.79. The Bertz CT molecular complexity index is 1030. The van der Waals surface area contributed by atoms with Crippen LogP contribution in [0.4, 0.5) is 11.4 Å². The standard InChI is InChI=1S/C22H20N2O6/c1-13-5-10-18-19(11-13)21(26)23(20(18)25)16-3-2-4-17(12-16)30-22(27)14-6-8-15(9-7-14)24(28)29/h2-4,6-9,12-13,18-19H,5,10-11H2,1H3/t13-,18-,19-/m1/s1. The summed E-state index contributed by atoms with van der Waals surface area (Å²) in [4.78, 5) is 49.5. The van der Waals surface area contributed by atoms with E-state index in [0.717, 1.165) is 6.42 Å². The van der Waals surface area contributed by atoms with E-state index in [1.165, 1.54) is 35.2 Å². The highest BCUT2D eigenvalue weighted by atomic mass is 16.6. The molecule has 30 heavy (non-hydrogen) atoms. The highest BCUT2D eigenvalue weighted by molar-refractivity contribution is 6.22. The zero-order valence-electron chi connectivity index (χ0n) is 16.3. The number of imide groups is 1. The first-order valence-electron chi connectivity index (χ1n) is 9.79. The van der Waals surface area contributed by atoms with Crippen LogP contribution in [0.25, 0.3) is 0 Å². The fraction of sp³-hybridized carbons (Fsp3) is 0.318. The molecule has 8 heteroatoms. The maximum atomic E-state index is 12.9. The van der Waals surface area contributed by atoms with Crippen molar-refractivity contribution in [3.63, 3.8) is 0 Å². The number of esters is 1. The minimum absolute atomic E-state index is 0.129. The van der Waals surface area contributed by atoms with Gasteiger partial charge in [0.1, 0.15) is 5.75 Å². The smallest absolute Gasteiger partial charge is 0.343 e. The van der Waals surface area contributed by atoms with E-state index in [1.54, 1.807) is 18.2 Å². The summed E-state index contributed by atoms with van der Waals surface area (Å²) in [5, 5.41) is 10.7. The Balaban J connectivity index is 1.53. The first kappa shape index (κ1) is 19.8. The molecule has 0 unspecified atom stereocenters. The predicted octanol–water partition coefficient (Wildman–Crippen LogP) is 3.74. The molecule has 2 amide bonds. The van der Waals surface area contributed by atoms with Crippen LogP contribution >= 0.6 is 0 Å². The summed E-state index contributed by atoms with van der Waals surface area (Å²) in [5.74, 6) is -1.06. The van der Waals surface area contributed by atoms with Gasteiger partial charge in [-0.1, -0.05) is 13.0 Å². The number of anilines is 1. The molecule has 0 spiro atoms. The molecule has 1 saturated carbocycles. The van der Waals surface area contributed by atoms with Crippen molar-refractivity contribution in [2.45, 2.75) is 26.2 Å². The number of hydrogen-bond acceptors (Lipinski definition) is 6. The van der Waals surface area contributed by atoms with Gasteiger partial charge >= 0.3 is 5.97 Å². The minimum atomic E-state index is -0.691. The lowest BCUT2D eigenvalue weighted by Gasteiger charge is -2.25. The largest absolute Gasteiger partial charge is 0.423 e. The number of nitro groups is 1. The van der Waals surface area contributed by atoms with E-state index in [-0.39, 0.29) is 40.7 Å². The molecule has 3 atom stereocenters. The van der Waals surface area contributed by atoms with Crippen molar-refractivity contribution in [1.82, 2.24) is 0 Å². The molecule has 2 aromatic rings. The first-order chi connectivity index (χ1) is 14.3. The molecule has 8 nitrogen and oxygen atoms in total. The second-order valence-corrected chi connectivity index (χ2v) is 7.83. The third kappa shape index (κ3) is 3.56. The van der Waals surface area contributed by atoms with Crippen LogP contribution < -0.4 is 9.64 Å². The third-order valence-corrected chi connectivity index (χ3v) is 5.79. The summed E-state index contributed by atoms with van der Waals surface area (Å²) in [7, 11) is 0. The van der Waals surface area contributed by atoms with E-state index in [2.05, 4.69) is 6.92 Å². The van der Waals surface area contributed by atoms with E-state index >= 15 is 0 Å². The number of ether oxygens (including phenoxy) is 1. The highest BCUT2D eigenvalue weighted by Gasteiger charge is 2.50. The Morgan fingerprint density at radius 3 is 2.47 bits per heavy atom. The van der Waals surface area contributed by atoms with Crippen LogP contribution in [0.15, 0.2) is 48.5 Å². The van der Waals surface area contributed by atoms with Gasteiger partial charge in [-0.2, -0.15) is 0 Å². The van der Waals surface area contributed by atoms with Gasteiger partial charge in [-0.05, 0) is 49.4 Å². The van der Waals surface area contributed by atoms with Gasteiger partial charge in [0.2, 0.25) is 11.8 Å². The Hall–Kier alpha value is -3.55. The van der Waals surface area contributed by atoms with Crippen LogP contribution in [0.3, 0.4) is 0 Å². The molecule has 1 aliphatic heterocycles.